The normalized spacial score (nSPS) is 10.5. The summed E-state index contributed by atoms with van der Waals surface area (Å²) in [6.07, 6.45) is 0.753. The van der Waals surface area contributed by atoms with Gasteiger partial charge in [-0.2, -0.15) is 0 Å². The van der Waals surface area contributed by atoms with Crippen LogP contribution in [0.5, 0.6) is 0 Å². The van der Waals surface area contributed by atoms with Crippen molar-refractivity contribution in [1.82, 2.24) is 5.32 Å². The highest BCUT2D eigenvalue weighted by molar-refractivity contribution is 6.02. The van der Waals surface area contributed by atoms with Crippen molar-refractivity contribution in [1.29, 1.82) is 0 Å². The molecule has 2 amide bonds. The molecule has 1 rings (SSSR count). The molecule has 128 valence electrons. The van der Waals surface area contributed by atoms with Crippen LogP contribution in [0.15, 0.2) is 18.2 Å². The van der Waals surface area contributed by atoms with Gasteiger partial charge in [0.05, 0.1) is 5.56 Å². The molecule has 1 aromatic carbocycles. The molecule has 0 saturated carbocycles. The second-order valence-electron chi connectivity index (χ2n) is 5.87. The van der Waals surface area contributed by atoms with Crippen LogP contribution in [0.25, 0.3) is 0 Å². The van der Waals surface area contributed by atoms with Crippen molar-refractivity contribution in [2.45, 2.75) is 20.3 Å². The van der Waals surface area contributed by atoms with E-state index in [-0.39, 0.29) is 17.7 Å². The Bertz CT molecular complexity index is 542. The fraction of sp³-hybridized carbons (Fsp3) is 0.529. The molecule has 2 N–H and O–H groups in total. The van der Waals surface area contributed by atoms with Gasteiger partial charge in [0.2, 0.25) is 5.91 Å². The van der Waals surface area contributed by atoms with Gasteiger partial charge in [-0.25, -0.2) is 0 Å². The molecule has 0 atom stereocenters. The zero-order valence-corrected chi connectivity index (χ0v) is 14.6. The quantitative estimate of drug-likeness (QED) is 0.720. The fourth-order valence-electron chi connectivity index (χ4n) is 1.99. The van der Waals surface area contributed by atoms with Crippen molar-refractivity contribution in [3.63, 3.8) is 0 Å². The molecule has 0 aliphatic heterocycles. The number of carbonyl (C=O) groups is 2. The topological polar surface area (TPSA) is 70.7 Å². The number of nitrogens with zero attached hydrogens (tertiary/aromatic N) is 1. The van der Waals surface area contributed by atoms with Gasteiger partial charge in [0.1, 0.15) is 0 Å². The first-order valence-electron chi connectivity index (χ1n) is 7.76. The van der Waals surface area contributed by atoms with Crippen LogP contribution >= 0.6 is 0 Å². The molecule has 0 aliphatic rings. The summed E-state index contributed by atoms with van der Waals surface area (Å²) >= 11 is 0. The van der Waals surface area contributed by atoms with Gasteiger partial charge < -0.3 is 20.3 Å². The predicted molar refractivity (Wildman–Crippen MR) is 93.1 cm³/mol. The van der Waals surface area contributed by atoms with Crippen LogP contribution in [-0.4, -0.2) is 46.2 Å². The smallest absolute Gasteiger partial charge is 0.253 e. The molecule has 1 aromatic rings. The van der Waals surface area contributed by atoms with Gasteiger partial charge in [0.25, 0.3) is 5.91 Å². The third-order valence-corrected chi connectivity index (χ3v) is 3.33. The number of amides is 2. The highest BCUT2D eigenvalue weighted by atomic mass is 16.5. The zero-order chi connectivity index (χ0) is 17.4. The molecule has 6 heteroatoms. The third kappa shape index (κ3) is 5.90. The van der Waals surface area contributed by atoms with Gasteiger partial charge in [-0.15, -0.1) is 0 Å². The monoisotopic (exact) mass is 321 g/mol. The number of hydrogen-bond acceptors (Lipinski definition) is 4. The van der Waals surface area contributed by atoms with Crippen molar-refractivity contribution in [2.75, 3.05) is 44.6 Å². The van der Waals surface area contributed by atoms with Gasteiger partial charge in [0, 0.05) is 51.6 Å². The van der Waals surface area contributed by atoms with E-state index < -0.39 is 0 Å². The molecule has 6 nitrogen and oxygen atoms in total. The van der Waals surface area contributed by atoms with E-state index in [1.165, 1.54) is 0 Å². The van der Waals surface area contributed by atoms with Crippen LogP contribution in [0.2, 0.25) is 0 Å². The van der Waals surface area contributed by atoms with Crippen LogP contribution in [0, 0.1) is 5.92 Å². The van der Waals surface area contributed by atoms with Crippen LogP contribution in [-0.2, 0) is 9.53 Å². The maximum Gasteiger partial charge on any atom is 0.253 e. The van der Waals surface area contributed by atoms with E-state index in [0.717, 1.165) is 12.1 Å². The standard InChI is InChI=1S/C17H27N3O3/c1-12(2)16(21)19-13-7-8-15(20(3)4)14(11-13)17(22)18-9-6-10-23-5/h7-8,11-12H,6,9-10H2,1-5H3,(H,18,22)(H,19,21). The molecule has 0 radical (unpaired) electrons. The van der Waals surface area contributed by atoms with E-state index in [2.05, 4.69) is 10.6 Å². The van der Waals surface area contributed by atoms with Crippen LogP contribution < -0.4 is 15.5 Å². The molecule has 0 aliphatic carbocycles. The number of rotatable bonds is 8. The Morgan fingerprint density at radius 3 is 2.52 bits per heavy atom. The highest BCUT2D eigenvalue weighted by Crippen LogP contribution is 2.23. The van der Waals surface area contributed by atoms with Crippen LogP contribution in [0.3, 0.4) is 0 Å². The lowest BCUT2D eigenvalue weighted by atomic mass is 10.1. The number of hydrogen-bond donors (Lipinski definition) is 2. The lowest BCUT2D eigenvalue weighted by Gasteiger charge is -2.19. The van der Waals surface area contributed by atoms with E-state index in [1.54, 1.807) is 19.2 Å². The van der Waals surface area contributed by atoms with E-state index >= 15 is 0 Å². The summed E-state index contributed by atoms with van der Waals surface area (Å²) in [5, 5.41) is 5.70. The maximum absolute atomic E-state index is 12.4. The molecule has 0 bridgehead atoms. The maximum atomic E-state index is 12.4. The third-order valence-electron chi connectivity index (χ3n) is 3.33. The van der Waals surface area contributed by atoms with Gasteiger partial charge in [-0.05, 0) is 24.6 Å². The first-order valence-corrected chi connectivity index (χ1v) is 7.76. The molecular weight excluding hydrogens is 294 g/mol. The number of methoxy groups -OCH3 is 1. The Kier molecular flexibility index (Phi) is 7.54. The van der Waals surface area contributed by atoms with Crippen molar-refractivity contribution in [3.8, 4) is 0 Å². The second kappa shape index (κ2) is 9.15. The Balaban J connectivity index is 2.92. The molecular formula is C17H27N3O3. The molecule has 0 unspecified atom stereocenters. The average Bonchev–Trinajstić information content (AvgIpc) is 2.50. The largest absolute Gasteiger partial charge is 0.385 e. The summed E-state index contributed by atoms with van der Waals surface area (Å²) in [5.74, 6) is -0.352. The number of carbonyl (C=O) groups excluding carboxylic acids is 2. The van der Waals surface area contributed by atoms with Crippen molar-refractivity contribution in [3.05, 3.63) is 23.8 Å². The minimum atomic E-state index is -0.162. The van der Waals surface area contributed by atoms with E-state index in [4.69, 9.17) is 4.74 Å². The summed E-state index contributed by atoms with van der Waals surface area (Å²) in [6.45, 7) is 4.80. The summed E-state index contributed by atoms with van der Waals surface area (Å²) in [6, 6.07) is 5.35. The highest BCUT2D eigenvalue weighted by Gasteiger charge is 2.15. The first-order chi connectivity index (χ1) is 10.9. The lowest BCUT2D eigenvalue weighted by Crippen LogP contribution is -2.27. The number of anilines is 2. The molecule has 0 saturated heterocycles. The number of ether oxygens (including phenoxy) is 1. The SMILES string of the molecule is COCCCNC(=O)c1cc(NC(=O)C(C)C)ccc1N(C)C. The van der Waals surface area contributed by atoms with Gasteiger partial charge in [-0.3, -0.25) is 9.59 Å². The molecule has 0 spiro atoms. The Morgan fingerprint density at radius 1 is 1.26 bits per heavy atom. The second-order valence-corrected chi connectivity index (χ2v) is 5.87. The van der Waals surface area contributed by atoms with E-state index in [9.17, 15) is 9.59 Å². The van der Waals surface area contributed by atoms with E-state index in [1.807, 2.05) is 38.9 Å². The number of benzene rings is 1. The molecule has 0 aromatic heterocycles. The first kappa shape index (κ1) is 19.0. The lowest BCUT2D eigenvalue weighted by molar-refractivity contribution is -0.118. The average molecular weight is 321 g/mol. The zero-order valence-electron chi connectivity index (χ0n) is 14.6. The number of nitrogens with one attached hydrogen (secondary N) is 2. The Hall–Kier alpha value is -2.08. The van der Waals surface area contributed by atoms with Crippen molar-refractivity contribution < 1.29 is 14.3 Å². The Morgan fingerprint density at radius 2 is 1.96 bits per heavy atom. The van der Waals surface area contributed by atoms with E-state index in [0.29, 0.717) is 24.4 Å². The molecule has 0 fully saturated rings. The predicted octanol–water partition coefficient (Wildman–Crippen LogP) is 2.11. The minimum Gasteiger partial charge on any atom is -0.385 e. The van der Waals surface area contributed by atoms with Gasteiger partial charge in [-0.1, -0.05) is 13.8 Å². The summed E-state index contributed by atoms with van der Waals surface area (Å²) in [5.41, 5.74) is 1.96. The fourth-order valence-corrected chi connectivity index (χ4v) is 1.99. The van der Waals surface area contributed by atoms with Gasteiger partial charge in [0.15, 0.2) is 0 Å². The molecule has 23 heavy (non-hydrogen) atoms. The summed E-state index contributed by atoms with van der Waals surface area (Å²) in [4.78, 5) is 26.1. The van der Waals surface area contributed by atoms with Gasteiger partial charge >= 0.3 is 0 Å². The minimum absolute atomic E-state index is 0.0749. The van der Waals surface area contributed by atoms with Crippen LogP contribution in [0.1, 0.15) is 30.6 Å². The summed E-state index contributed by atoms with van der Waals surface area (Å²) < 4.78 is 4.97. The van der Waals surface area contributed by atoms with Crippen molar-refractivity contribution >= 4 is 23.2 Å². The molecule has 0 heterocycles. The summed E-state index contributed by atoms with van der Waals surface area (Å²) in [7, 11) is 5.39. The Labute approximate surface area is 138 Å². The van der Waals surface area contributed by atoms with Crippen molar-refractivity contribution in [2.24, 2.45) is 5.92 Å². The van der Waals surface area contributed by atoms with Crippen LogP contribution in [0.4, 0.5) is 11.4 Å².